The molecule has 0 saturated carbocycles. The van der Waals surface area contributed by atoms with Crippen molar-refractivity contribution < 1.29 is 14.3 Å². The Hall–Kier alpha value is -2.73. The van der Waals surface area contributed by atoms with Crippen LogP contribution < -0.4 is 4.74 Å². The van der Waals surface area contributed by atoms with E-state index in [2.05, 4.69) is 0 Å². The largest absolute Gasteiger partial charge is 0.489 e. The van der Waals surface area contributed by atoms with Gasteiger partial charge in [0.1, 0.15) is 12.4 Å². The van der Waals surface area contributed by atoms with Crippen LogP contribution in [0.1, 0.15) is 16.7 Å². The number of carbonyl (C=O) groups is 2. The molecule has 1 aliphatic rings. The first-order valence-corrected chi connectivity index (χ1v) is 11.0. The lowest BCUT2D eigenvalue weighted by Gasteiger charge is -2.12. The van der Waals surface area contributed by atoms with Gasteiger partial charge >= 0.3 is 0 Å². The van der Waals surface area contributed by atoms with Crippen molar-refractivity contribution in [2.24, 2.45) is 0 Å². The summed E-state index contributed by atoms with van der Waals surface area (Å²) in [5.41, 5.74) is 2.59. The van der Waals surface area contributed by atoms with E-state index in [1.165, 1.54) is 4.90 Å². The minimum absolute atomic E-state index is 0.193. The summed E-state index contributed by atoms with van der Waals surface area (Å²) < 4.78 is 5.78. The van der Waals surface area contributed by atoms with Crippen molar-refractivity contribution in [1.29, 1.82) is 0 Å². The molecule has 1 aliphatic heterocycles. The Bertz CT molecular complexity index is 1160. The Labute approximate surface area is 194 Å². The van der Waals surface area contributed by atoms with E-state index in [1.807, 2.05) is 54.6 Å². The molecule has 7 heteroatoms. The molecule has 4 nitrogen and oxygen atoms in total. The minimum Gasteiger partial charge on any atom is -0.489 e. The number of halogens is 2. The number of carbonyl (C=O) groups excluding carboxylic acids is 2. The number of imide groups is 1. The predicted molar refractivity (Wildman–Crippen MR) is 125 cm³/mol. The van der Waals surface area contributed by atoms with Crippen LogP contribution in [0.25, 0.3) is 6.08 Å². The summed E-state index contributed by atoms with van der Waals surface area (Å²) in [6.45, 7) is 0.598. The fraction of sp³-hybridized carbons (Fsp3) is 0.0833. The summed E-state index contributed by atoms with van der Waals surface area (Å²) in [5.74, 6) is 0.391. The standard InChI is InChI=1S/C24H17Cl2NO3S/c25-19-5-1-3-17(11-19)14-27-23(28)22(31-24(27)29)13-16-7-9-21(10-8-16)30-15-18-4-2-6-20(26)12-18/h1-13H,14-15H2/b22-13-. The molecule has 0 aromatic heterocycles. The van der Waals surface area contributed by atoms with Crippen LogP contribution >= 0.6 is 35.0 Å². The number of rotatable bonds is 6. The van der Waals surface area contributed by atoms with Crippen LogP contribution in [0.3, 0.4) is 0 Å². The smallest absolute Gasteiger partial charge is 0.293 e. The summed E-state index contributed by atoms with van der Waals surface area (Å²) in [6.07, 6.45) is 1.71. The van der Waals surface area contributed by atoms with E-state index in [9.17, 15) is 9.59 Å². The molecule has 0 bridgehead atoms. The number of amides is 2. The lowest BCUT2D eigenvalue weighted by molar-refractivity contribution is -0.123. The Balaban J connectivity index is 1.41. The van der Waals surface area contributed by atoms with Crippen LogP contribution in [0.5, 0.6) is 5.75 Å². The van der Waals surface area contributed by atoms with Crippen LogP contribution in [0.2, 0.25) is 10.0 Å². The number of hydrogen-bond acceptors (Lipinski definition) is 4. The van der Waals surface area contributed by atoms with E-state index in [1.54, 1.807) is 24.3 Å². The monoisotopic (exact) mass is 469 g/mol. The van der Waals surface area contributed by atoms with Crippen LogP contribution in [-0.4, -0.2) is 16.0 Å². The number of thioether (sulfide) groups is 1. The maximum Gasteiger partial charge on any atom is 0.293 e. The molecule has 0 N–H and O–H groups in total. The molecule has 31 heavy (non-hydrogen) atoms. The van der Waals surface area contributed by atoms with Crippen LogP contribution in [0.15, 0.2) is 77.7 Å². The van der Waals surface area contributed by atoms with Crippen LogP contribution in [-0.2, 0) is 17.9 Å². The molecule has 3 aromatic carbocycles. The molecule has 4 rings (SSSR count). The zero-order valence-corrected chi connectivity index (χ0v) is 18.6. The molecular weight excluding hydrogens is 453 g/mol. The van der Waals surface area contributed by atoms with Gasteiger partial charge in [0.05, 0.1) is 11.4 Å². The van der Waals surface area contributed by atoms with Crippen molar-refractivity contribution in [3.05, 3.63) is 104 Å². The Morgan fingerprint density at radius 1 is 0.871 bits per heavy atom. The normalized spacial score (nSPS) is 15.0. The van der Waals surface area contributed by atoms with Crippen molar-refractivity contribution in [3.8, 4) is 5.75 Å². The number of nitrogens with zero attached hydrogens (tertiary/aromatic N) is 1. The van der Waals surface area contributed by atoms with Gasteiger partial charge < -0.3 is 4.74 Å². The second-order valence-electron chi connectivity index (χ2n) is 6.89. The summed E-state index contributed by atoms with van der Waals surface area (Å²) in [4.78, 5) is 26.7. The third kappa shape index (κ3) is 5.50. The van der Waals surface area contributed by atoms with Gasteiger partial charge in [-0.05, 0) is 70.9 Å². The summed E-state index contributed by atoms with van der Waals surface area (Å²) in [6, 6.07) is 22.0. The van der Waals surface area contributed by atoms with E-state index in [4.69, 9.17) is 27.9 Å². The molecule has 0 aliphatic carbocycles. The number of hydrogen-bond donors (Lipinski definition) is 0. The Morgan fingerprint density at radius 2 is 1.52 bits per heavy atom. The van der Waals surface area contributed by atoms with Gasteiger partial charge in [-0.3, -0.25) is 14.5 Å². The average molecular weight is 470 g/mol. The number of ether oxygens (including phenoxy) is 1. The fourth-order valence-corrected chi connectivity index (χ4v) is 4.32. The first-order chi connectivity index (χ1) is 15.0. The average Bonchev–Trinajstić information content (AvgIpc) is 3.01. The van der Waals surface area contributed by atoms with E-state index in [-0.39, 0.29) is 17.7 Å². The van der Waals surface area contributed by atoms with Crippen LogP contribution in [0.4, 0.5) is 4.79 Å². The first kappa shape index (κ1) is 21.5. The minimum atomic E-state index is -0.309. The van der Waals surface area contributed by atoms with Gasteiger partial charge in [0, 0.05) is 10.0 Å². The Kier molecular flexibility index (Phi) is 6.66. The molecule has 156 valence electrons. The highest BCUT2D eigenvalue weighted by Crippen LogP contribution is 2.33. The van der Waals surface area contributed by atoms with Crippen molar-refractivity contribution in [2.45, 2.75) is 13.2 Å². The highest BCUT2D eigenvalue weighted by Gasteiger charge is 2.34. The van der Waals surface area contributed by atoms with Crippen LogP contribution in [0, 0.1) is 0 Å². The van der Waals surface area contributed by atoms with E-state index in [0.29, 0.717) is 27.3 Å². The summed E-state index contributed by atoms with van der Waals surface area (Å²) in [5, 5.41) is 0.941. The van der Waals surface area contributed by atoms with E-state index in [0.717, 1.165) is 28.5 Å². The molecular formula is C24H17Cl2NO3S. The zero-order valence-electron chi connectivity index (χ0n) is 16.3. The van der Waals surface area contributed by atoms with E-state index >= 15 is 0 Å². The second kappa shape index (κ2) is 9.60. The lowest BCUT2D eigenvalue weighted by atomic mass is 10.2. The number of benzene rings is 3. The highest BCUT2D eigenvalue weighted by atomic mass is 35.5. The summed E-state index contributed by atoms with van der Waals surface area (Å²) >= 11 is 12.9. The molecule has 1 saturated heterocycles. The van der Waals surface area contributed by atoms with Gasteiger partial charge in [-0.25, -0.2) is 0 Å². The molecule has 1 fully saturated rings. The van der Waals surface area contributed by atoms with Crippen molar-refractivity contribution in [2.75, 3.05) is 0 Å². The molecule has 3 aromatic rings. The highest BCUT2D eigenvalue weighted by molar-refractivity contribution is 8.18. The van der Waals surface area contributed by atoms with Gasteiger partial charge in [0.15, 0.2) is 0 Å². The van der Waals surface area contributed by atoms with Crippen molar-refractivity contribution in [1.82, 2.24) is 4.90 Å². The molecule has 0 atom stereocenters. The van der Waals surface area contributed by atoms with Gasteiger partial charge in [-0.15, -0.1) is 0 Å². The van der Waals surface area contributed by atoms with Crippen molar-refractivity contribution in [3.63, 3.8) is 0 Å². The topological polar surface area (TPSA) is 46.6 Å². The third-order valence-corrected chi connectivity index (χ3v) is 5.95. The third-order valence-electron chi connectivity index (χ3n) is 4.58. The molecule has 0 radical (unpaired) electrons. The Morgan fingerprint density at radius 3 is 2.19 bits per heavy atom. The van der Waals surface area contributed by atoms with Gasteiger partial charge in [0.25, 0.3) is 11.1 Å². The first-order valence-electron chi connectivity index (χ1n) is 9.45. The molecule has 1 heterocycles. The van der Waals surface area contributed by atoms with Gasteiger partial charge in [0.2, 0.25) is 0 Å². The maximum absolute atomic E-state index is 12.7. The molecule has 0 spiro atoms. The van der Waals surface area contributed by atoms with Crippen molar-refractivity contribution >= 4 is 52.2 Å². The lowest BCUT2D eigenvalue weighted by Crippen LogP contribution is -2.27. The summed E-state index contributed by atoms with van der Waals surface area (Å²) in [7, 11) is 0. The van der Waals surface area contributed by atoms with Gasteiger partial charge in [-0.1, -0.05) is 59.6 Å². The van der Waals surface area contributed by atoms with E-state index < -0.39 is 0 Å². The quantitative estimate of drug-likeness (QED) is 0.372. The molecule has 2 amide bonds. The SMILES string of the molecule is O=C1S/C(=C\c2ccc(OCc3cccc(Cl)c3)cc2)C(=O)N1Cc1cccc(Cl)c1. The second-order valence-corrected chi connectivity index (χ2v) is 8.75. The zero-order chi connectivity index (χ0) is 21.8. The molecule has 0 unspecified atom stereocenters. The van der Waals surface area contributed by atoms with Gasteiger partial charge in [-0.2, -0.15) is 0 Å². The predicted octanol–water partition coefficient (Wildman–Crippen LogP) is 6.81. The fourth-order valence-electron chi connectivity index (χ4n) is 3.06. The maximum atomic E-state index is 12.7.